The van der Waals surface area contributed by atoms with Gasteiger partial charge in [-0.2, -0.15) is 0 Å². The predicted molar refractivity (Wildman–Crippen MR) is 91.9 cm³/mol. The van der Waals surface area contributed by atoms with Crippen LogP contribution < -0.4 is 5.73 Å². The number of hydrogen-bond acceptors (Lipinski definition) is 2. The third-order valence-corrected chi connectivity index (χ3v) is 4.08. The van der Waals surface area contributed by atoms with Crippen LogP contribution in [0.1, 0.15) is 85.0 Å². The van der Waals surface area contributed by atoms with Crippen molar-refractivity contribution in [2.24, 2.45) is 11.1 Å². The van der Waals surface area contributed by atoms with Gasteiger partial charge in [0.1, 0.15) is 5.75 Å². The smallest absolute Gasteiger partial charge is 0.124 e. The van der Waals surface area contributed by atoms with Gasteiger partial charge < -0.3 is 10.8 Å². The van der Waals surface area contributed by atoms with Gasteiger partial charge in [0.2, 0.25) is 0 Å². The average molecular weight is 291 g/mol. The van der Waals surface area contributed by atoms with Crippen LogP contribution in [-0.2, 0) is 10.8 Å². The zero-order valence-electron chi connectivity index (χ0n) is 15.3. The molecule has 2 nitrogen and oxygen atoms in total. The molecule has 3 N–H and O–H groups in total. The van der Waals surface area contributed by atoms with Crippen molar-refractivity contribution in [3.8, 4) is 5.75 Å². The first kappa shape index (κ1) is 18.0. The average Bonchev–Trinajstić information content (AvgIpc) is 2.23. The quantitative estimate of drug-likeness (QED) is 0.762. The van der Waals surface area contributed by atoms with Gasteiger partial charge in [-0.3, -0.25) is 0 Å². The molecular formula is C19H33NO. The number of hydrogen-bond donors (Lipinski definition) is 2. The molecule has 0 radical (unpaired) electrons. The molecule has 120 valence electrons. The van der Waals surface area contributed by atoms with E-state index in [0.29, 0.717) is 5.75 Å². The molecule has 0 fully saturated rings. The predicted octanol–water partition coefficient (Wildman–Crippen LogP) is 5.03. The van der Waals surface area contributed by atoms with Gasteiger partial charge in [0.15, 0.2) is 0 Å². The Morgan fingerprint density at radius 2 is 1.33 bits per heavy atom. The molecule has 0 aliphatic rings. The Hall–Kier alpha value is -1.02. The lowest BCUT2D eigenvalue weighted by Crippen LogP contribution is -2.28. The van der Waals surface area contributed by atoms with E-state index in [1.165, 1.54) is 5.56 Å². The van der Waals surface area contributed by atoms with E-state index in [2.05, 4.69) is 74.4 Å². The highest BCUT2D eigenvalue weighted by Crippen LogP contribution is 2.43. The lowest BCUT2D eigenvalue weighted by Gasteiger charge is -2.33. The summed E-state index contributed by atoms with van der Waals surface area (Å²) in [5, 5.41) is 10.8. The second-order valence-corrected chi connectivity index (χ2v) is 9.31. The van der Waals surface area contributed by atoms with Gasteiger partial charge in [-0.25, -0.2) is 0 Å². The number of phenolic OH excluding ortho intramolecular Hbond substituents is 1. The minimum Gasteiger partial charge on any atom is -0.507 e. The van der Waals surface area contributed by atoms with E-state index in [1.54, 1.807) is 0 Å². The molecule has 0 spiro atoms. The van der Waals surface area contributed by atoms with Crippen molar-refractivity contribution in [2.45, 2.75) is 79.2 Å². The van der Waals surface area contributed by atoms with E-state index in [1.807, 2.05) is 0 Å². The second kappa shape index (κ2) is 5.31. The zero-order chi connectivity index (χ0) is 16.8. The number of benzene rings is 1. The molecule has 0 amide bonds. The second-order valence-electron chi connectivity index (χ2n) is 9.31. The Kier molecular flexibility index (Phi) is 4.56. The van der Waals surface area contributed by atoms with Crippen molar-refractivity contribution in [2.75, 3.05) is 0 Å². The fourth-order valence-corrected chi connectivity index (χ4v) is 2.37. The lowest BCUT2D eigenvalue weighted by molar-refractivity contribution is 0.315. The maximum atomic E-state index is 10.8. The topological polar surface area (TPSA) is 46.2 Å². The third-order valence-electron chi connectivity index (χ3n) is 4.08. The van der Waals surface area contributed by atoms with Crippen LogP contribution in [0.15, 0.2) is 12.1 Å². The largest absolute Gasteiger partial charge is 0.507 e. The summed E-state index contributed by atoms with van der Waals surface area (Å²) in [6.07, 6.45) is 0. The first-order valence-corrected chi connectivity index (χ1v) is 7.79. The van der Waals surface area contributed by atoms with Gasteiger partial charge in [-0.1, -0.05) is 68.4 Å². The van der Waals surface area contributed by atoms with Crippen LogP contribution in [0.3, 0.4) is 0 Å². The minimum atomic E-state index is -0.194. The van der Waals surface area contributed by atoms with Gasteiger partial charge in [-0.05, 0) is 33.4 Å². The van der Waals surface area contributed by atoms with Crippen molar-refractivity contribution < 1.29 is 5.11 Å². The molecule has 0 saturated heterocycles. The molecule has 0 heterocycles. The highest BCUT2D eigenvalue weighted by molar-refractivity contribution is 5.50. The number of rotatable bonds is 1. The molecule has 2 heteroatoms. The van der Waals surface area contributed by atoms with Crippen LogP contribution in [0.2, 0.25) is 0 Å². The van der Waals surface area contributed by atoms with Gasteiger partial charge in [0, 0.05) is 11.6 Å². The molecule has 0 aliphatic carbocycles. The summed E-state index contributed by atoms with van der Waals surface area (Å²) < 4.78 is 0. The van der Waals surface area contributed by atoms with Gasteiger partial charge in [-0.15, -0.1) is 0 Å². The number of phenols is 1. The minimum absolute atomic E-state index is 0.0278. The van der Waals surface area contributed by atoms with Crippen LogP contribution in [0.4, 0.5) is 0 Å². The molecule has 0 bridgehead atoms. The normalized spacial score (nSPS) is 15.1. The fourth-order valence-electron chi connectivity index (χ4n) is 2.37. The van der Waals surface area contributed by atoms with E-state index in [-0.39, 0.29) is 22.3 Å². The third kappa shape index (κ3) is 4.00. The number of aromatic hydroxyl groups is 1. The monoisotopic (exact) mass is 291 g/mol. The molecule has 1 aromatic carbocycles. The molecular weight excluding hydrogens is 258 g/mol. The fraction of sp³-hybridized carbons (Fsp3) is 0.684. The van der Waals surface area contributed by atoms with E-state index in [9.17, 15) is 5.11 Å². The molecule has 0 saturated carbocycles. The molecule has 1 rings (SSSR count). The summed E-state index contributed by atoms with van der Waals surface area (Å²) in [4.78, 5) is 0. The van der Waals surface area contributed by atoms with Gasteiger partial charge in [0.25, 0.3) is 0 Å². The van der Waals surface area contributed by atoms with Crippen LogP contribution in [-0.4, -0.2) is 5.11 Å². The standard InChI is InChI=1S/C19H33NO/c1-17(2,3)12-10-13(16(20)19(7,8)9)15(21)14(11-12)18(4,5)6/h10-11,16,21H,20H2,1-9H3/t16-/m0/s1. The molecule has 0 aromatic heterocycles. The van der Waals surface area contributed by atoms with Crippen molar-refractivity contribution in [1.82, 2.24) is 0 Å². The van der Waals surface area contributed by atoms with E-state index in [0.717, 1.165) is 11.1 Å². The summed E-state index contributed by atoms with van der Waals surface area (Å²) in [6, 6.07) is 4.02. The molecule has 0 aliphatic heterocycles. The van der Waals surface area contributed by atoms with E-state index < -0.39 is 0 Å². The molecule has 1 aromatic rings. The van der Waals surface area contributed by atoms with E-state index in [4.69, 9.17) is 5.73 Å². The van der Waals surface area contributed by atoms with E-state index >= 15 is 0 Å². The van der Waals surface area contributed by atoms with Crippen LogP contribution in [0.5, 0.6) is 5.75 Å². The molecule has 1 atom stereocenters. The van der Waals surface area contributed by atoms with Crippen molar-refractivity contribution >= 4 is 0 Å². The summed E-state index contributed by atoms with van der Waals surface area (Å²) in [5.41, 5.74) is 9.32. The maximum absolute atomic E-state index is 10.8. The Morgan fingerprint density at radius 1 is 0.857 bits per heavy atom. The lowest BCUT2D eigenvalue weighted by atomic mass is 9.75. The highest BCUT2D eigenvalue weighted by atomic mass is 16.3. The van der Waals surface area contributed by atoms with Crippen LogP contribution in [0.25, 0.3) is 0 Å². The van der Waals surface area contributed by atoms with Gasteiger partial charge in [0.05, 0.1) is 0 Å². The Bertz CT molecular complexity index is 510. The Labute approximate surface area is 130 Å². The summed E-state index contributed by atoms with van der Waals surface area (Å²) in [5.74, 6) is 0.359. The maximum Gasteiger partial charge on any atom is 0.124 e. The van der Waals surface area contributed by atoms with Crippen LogP contribution >= 0.6 is 0 Å². The van der Waals surface area contributed by atoms with Crippen LogP contribution in [0, 0.1) is 5.41 Å². The first-order valence-electron chi connectivity index (χ1n) is 7.79. The summed E-state index contributed by atoms with van der Waals surface area (Å²) in [6.45, 7) is 19.3. The summed E-state index contributed by atoms with van der Waals surface area (Å²) >= 11 is 0. The van der Waals surface area contributed by atoms with Crippen molar-refractivity contribution in [1.29, 1.82) is 0 Å². The summed E-state index contributed by atoms with van der Waals surface area (Å²) in [7, 11) is 0. The first-order chi connectivity index (χ1) is 9.15. The molecule has 0 unspecified atom stereocenters. The zero-order valence-corrected chi connectivity index (χ0v) is 15.3. The van der Waals surface area contributed by atoms with Gasteiger partial charge >= 0.3 is 0 Å². The number of nitrogens with two attached hydrogens (primary N) is 1. The highest BCUT2D eigenvalue weighted by Gasteiger charge is 2.30. The Balaban J connectivity index is 3.65. The Morgan fingerprint density at radius 3 is 1.67 bits per heavy atom. The van der Waals surface area contributed by atoms with Crippen molar-refractivity contribution in [3.63, 3.8) is 0 Å². The van der Waals surface area contributed by atoms with Crippen molar-refractivity contribution in [3.05, 3.63) is 28.8 Å². The SMILES string of the molecule is CC(C)(C)c1cc([C@H](N)C(C)(C)C)c(O)c(C(C)(C)C)c1. The molecule has 21 heavy (non-hydrogen) atoms.